The van der Waals surface area contributed by atoms with Crippen molar-refractivity contribution in [2.24, 2.45) is 0 Å². The van der Waals surface area contributed by atoms with Crippen LogP contribution in [0.15, 0.2) is 24.3 Å². The van der Waals surface area contributed by atoms with E-state index in [4.69, 9.17) is 5.11 Å². The Kier molecular flexibility index (Phi) is 13.7. The van der Waals surface area contributed by atoms with Crippen LogP contribution in [0.2, 0.25) is 0 Å². The van der Waals surface area contributed by atoms with Gasteiger partial charge in [-0.25, -0.2) is 0 Å². The molecule has 0 bridgehead atoms. The van der Waals surface area contributed by atoms with Crippen molar-refractivity contribution in [1.82, 2.24) is 0 Å². The average Bonchev–Trinajstić information content (AvgIpc) is 2.53. The summed E-state index contributed by atoms with van der Waals surface area (Å²) < 4.78 is 0. The molecule has 0 aliphatic heterocycles. The molecule has 23 heavy (non-hydrogen) atoms. The molecule has 0 aromatic heterocycles. The molecule has 5 nitrogen and oxygen atoms in total. The van der Waals surface area contributed by atoms with Gasteiger partial charge in [-0.2, -0.15) is 0 Å². The average molecular weight is 328 g/mol. The highest BCUT2D eigenvalue weighted by Crippen LogP contribution is 2.08. The van der Waals surface area contributed by atoms with E-state index in [9.17, 15) is 20.1 Å². The number of hydrogen-bond acceptors (Lipinski definition) is 4. The van der Waals surface area contributed by atoms with Crippen LogP contribution in [-0.2, 0) is 4.79 Å². The van der Waals surface area contributed by atoms with E-state index in [-0.39, 0.29) is 6.42 Å². The second-order valence-electron chi connectivity index (χ2n) is 5.83. The third kappa shape index (κ3) is 14.2. The minimum absolute atomic E-state index is 0.259. The van der Waals surface area contributed by atoms with Gasteiger partial charge in [0.1, 0.15) is 0 Å². The molecule has 5 heteroatoms. The highest BCUT2D eigenvalue weighted by Gasteiger charge is 2.10. The highest BCUT2D eigenvalue weighted by molar-refractivity contribution is 5.66. The van der Waals surface area contributed by atoms with Gasteiger partial charge in [0.05, 0.1) is 18.3 Å². The van der Waals surface area contributed by atoms with Crippen molar-refractivity contribution in [2.75, 3.05) is 0 Å². The van der Waals surface area contributed by atoms with Crippen molar-refractivity contribution in [3.8, 4) is 0 Å². The Balaban J connectivity index is 3.58. The van der Waals surface area contributed by atoms with Crippen molar-refractivity contribution in [3.63, 3.8) is 0 Å². The van der Waals surface area contributed by atoms with Gasteiger partial charge in [0.2, 0.25) is 0 Å². The summed E-state index contributed by atoms with van der Waals surface area (Å²) in [6.07, 6.45) is 11.6. The number of hydrogen-bond donors (Lipinski definition) is 4. The summed E-state index contributed by atoms with van der Waals surface area (Å²) in [6, 6.07) is 0. The van der Waals surface area contributed by atoms with E-state index < -0.39 is 24.3 Å². The van der Waals surface area contributed by atoms with Crippen molar-refractivity contribution in [3.05, 3.63) is 24.3 Å². The number of rotatable bonds is 14. The summed E-state index contributed by atoms with van der Waals surface area (Å²) in [4.78, 5) is 10.3. The second kappa shape index (κ2) is 14.4. The Labute approximate surface area is 139 Å². The van der Waals surface area contributed by atoms with E-state index in [1.54, 1.807) is 6.92 Å². The van der Waals surface area contributed by atoms with E-state index in [0.29, 0.717) is 12.8 Å². The van der Waals surface area contributed by atoms with E-state index in [1.807, 2.05) is 12.2 Å². The Morgan fingerprint density at radius 1 is 0.957 bits per heavy atom. The maximum absolute atomic E-state index is 10.3. The molecule has 0 spiro atoms. The molecule has 0 fully saturated rings. The Bertz CT molecular complexity index is 351. The van der Waals surface area contributed by atoms with Crippen molar-refractivity contribution < 1.29 is 25.2 Å². The number of aliphatic hydroxyl groups excluding tert-OH is 3. The van der Waals surface area contributed by atoms with Crippen LogP contribution in [0.4, 0.5) is 0 Å². The zero-order chi connectivity index (χ0) is 17.5. The van der Waals surface area contributed by atoms with Gasteiger partial charge in [0, 0.05) is 6.42 Å². The van der Waals surface area contributed by atoms with E-state index >= 15 is 0 Å². The fourth-order valence-electron chi connectivity index (χ4n) is 2.11. The predicted octanol–water partition coefficient (Wildman–Crippen LogP) is 2.80. The van der Waals surface area contributed by atoms with Crippen molar-refractivity contribution in [1.29, 1.82) is 0 Å². The van der Waals surface area contributed by atoms with Gasteiger partial charge in [0.15, 0.2) is 0 Å². The lowest BCUT2D eigenvalue weighted by Crippen LogP contribution is -2.23. The molecule has 0 saturated carbocycles. The molecule has 0 aromatic rings. The first kappa shape index (κ1) is 21.8. The number of carboxylic acids is 1. The van der Waals surface area contributed by atoms with Gasteiger partial charge in [-0.1, -0.05) is 50.5 Å². The van der Waals surface area contributed by atoms with Crippen LogP contribution in [0.3, 0.4) is 0 Å². The quantitative estimate of drug-likeness (QED) is 0.290. The zero-order valence-electron chi connectivity index (χ0n) is 14.1. The monoisotopic (exact) mass is 328 g/mol. The number of carbonyl (C=O) groups is 1. The first-order valence-corrected chi connectivity index (χ1v) is 8.56. The first-order valence-electron chi connectivity index (χ1n) is 8.56. The number of allylic oxidation sites excluding steroid dienone is 1. The van der Waals surface area contributed by atoms with Gasteiger partial charge in [-0.3, -0.25) is 4.79 Å². The summed E-state index contributed by atoms with van der Waals surface area (Å²) >= 11 is 0. The number of aliphatic carboxylic acids is 1. The maximum atomic E-state index is 10.3. The number of unbranched alkanes of at least 4 members (excludes halogenated alkanes) is 5. The van der Waals surface area contributed by atoms with Gasteiger partial charge in [-0.05, 0) is 32.1 Å². The summed E-state index contributed by atoms with van der Waals surface area (Å²) in [7, 11) is 0. The van der Waals surface area contributed by atoms with Crippen LogP contribution in [0.25, 0.3) is 0 Å². The smallest absolute Gasteiger partial charge is 0.303 e. The van der Waals surface area contributed by atoms with Crippen LogP contribution in [0, 0.1) is 0 Å². The van der Waals surface area contributed by atoms with Crippen LogP contribution in [-0.4, -0.2) is 44.7 Å². The van der Waals surface area contributed by atoms with Crippen LogP contribution in [0.1, 0.15) is 64.7 Å². The molecule has 4 N–H and O–H groups in total. The van der Waals surface area contributed by atoms with Crippen LogP contribution < -0.4 is 0 Å². The summed E-state index contributed by atoms with van der Waals surface area (Å²) in [5.74, 6) is -0.725. The lowest BCUT2D eigenvalue weighted by Gasteiger charge is -2.12. The Morgan fingerprint density at radius 2 is 1.61 bits per heavy atom. The predicted molar refractivity (Wildman–Crippen MR) is 91.2 cm³/mol. The van der Waals surface area contributed by atoms with Gasteiger partial charge in [0.25, 0.3) is 0 Å². The molecular weight excluding hydrogens is 296 g/mol. The number of carboxylic acid groups (broad SMARTS) is 1. The molecule has 0 amide bonds. The van der Waals surface area contributed by atoms with Crippen molar-refractivity contribution >= 4 is 5.97 Å². The van der Waals surface area contributed by atoms with E-state index in [2.05, 4.69) is 0 Å². The Morgan fingerprint density at radius 3 is 2.26 bits per heavy atom. The van der Waals surface area contributed by atoms with E-state index in [0.717, 1.165) is 38.5 Å². The Hall–Kier alpha value is -1.17. The third-order valence-electron chi connectivity index (χ3n) is 3.65. The van der Waals surface area contributed by atoms with Gasteiger partial charge in [-0.15, -0.1) is 0 Å². The third-order valence-corrected chi connectivity index (χ3v) is 3.65. The summed E-state index contributed by atoms with van der Waals surface area (Å²) in [5.41, 5.74) is 0. The molecule has 134 valence electrons. The lowest BCUT2D eigenvalue weighted by molar-refractivity contribution is -0.137. The standard InChI is InChI=1S/C18H32O5/c1-2-16(20)17(21)14-13-15(19)11-9-7-5-3-4-6-8-10-12-18(22)23/h7,9,13-17,19-21H,2-6,8,10-12H2,1H3,(H,22,23). The molecule has 0 rings (SSSR count). The first-order chi connectivity index (χ1) is 11.0. The molecule has 0 aromatic carbocycles. The molecule has 3 atom stereocenters. The fourth-order valence-corrected chi connectivity index (χ4v) is 2.11. The van der Waals surface area contributed by atoms with Gasteiger partial charge < -0.3 is 20.4 Å². The minimum Gasteiger partial charge on any atom is -0.481 e. The van der Waals surface area contributed by atoms with Crippen LogP contribution >= 0.6 is 0 Å². The molecule has 0 radical (unpaired) electrons. The lowest BCUT2D eigenvalue weighted by atomic mass is 10.1. The van der Waals surface area contributed by atoms with Crippen molar-refractivity contribution in [2.45, 2.75) is 83.0 Å². The molecular formula is C18H32O5. The SMILES string of the molecule is CCC(O)C(O)C=CC(O)CC=CCCCCCCCC(=O)O. The molecule has 0 aliphatic rings. The second-order valence-corrected chi connectivity index (χ2v) is 5.83. The zero-order valence-corrected chi connectivity index (χ0v) is 14.1. The fraction of sp³-hybridized carbons (Fsp3) is 0.722. The minimum atomic E-state index is -0.931. The molecule has 0 saturated heterocycles. The molecule has 0 aliphatic carbocycles. The van der Waals surface area contributed by atoms with Gasteiger partial charge >= 0.3 is 5.97 Å². The largest absolute Gasteiger partial charge is 0.481 e. The molecule has 0 heterocycles. The normalized spacial score (nSPS) is 16.0. The maximum Gasteiger partial charge on any atom is 0.303 e. The summed E-state index contributed by atoms with van der Waals surface area (Å²) in [6.45, 7) is 1.78. The van der Waals surface area contributed by atoms with E-state index in [1.165, 1.54) is 12.2 Å². The topological polar surface area (TPSA) is 98.0 Å². The summed E-state index contributed by atoms with van der Waals surface area (Å²) in [5, 5.41) is 37.1. The van der Waals surface area contributed by atoms with Crippen LogP contribution in [0.5, 0.6) is 0 Å². The molecule has 3 unspecified atom stereocenters. The highest BCUT2D eigenvalue weighted by atomic mass is 16.4. The number of aliphatic hydroxyl groups is 3.